The minimum Gasteiger partial charge on any atom is -0.341 e. The van der Waals surface area contributed by atoms with Gasteiger partial charge < -0.3 is 14.4 Å². The molecule has 2 aliphatic carbocycles. The lowest BCUT2D eigenvalue weighted by Gasteiger charge is -2.42. The third-order valence-electron chi connectivity index (χ3n) is 10.9. The van der Waals surface area contributed by atoms with Crippen LogP contribution < -0.4 is 20.4 Å². The maximum Gasteiger partial charge on any atom is 0.0683 e. The number of aromatic nitrogens is 1. The topological polar surface area (TPSA) is 11.4 Å². The summed E-state index contributed by atoms with van der Waals surface area (Å²) in [6.45, 7) is 0.889. The summed E-state index contributed by atoms with van der Waals surface area (Å²) in [4.78, 5) is 6.33. The van der Waals surface area contributed by atoms with Gasteiger partial charge in [0.25, 0.3) is 0 Å². The summed E-state index contributed by atoms with van der Waals surface area (Å²) in [6, 6.07) is 57.7. The molecule has 0 saturated heterocycles. The molecule has 4 heteroatoms. The van der Waals surface area contributed by atoms with Gasteiger partial charge in [-0.25, -0.2) is 0 Å². The molecule has 0 bridgehead atoms. The van der Waals surface area contributed by atoms with Gasteiger partial charge in [-0.2, -0.15) is 0 Å². The first kappa shape index (κ1) is 31.7. The van der Waals surface area contributed by atoms with Crippen molar-refractivity contribution in [1.82, 2.24) is 4.57 Å². The quantitative estimate of drug-likeness (QED) is 0.164. The second-order valence-electron chi connectivity index (χ2n) is 14.1. The highest BCUT2D eigenvalue weighted by Gasteiger charge is 2.34. The molecular formula is C49H39N3S. The van der Waals surface area contributed by atoms with Crippen molar-refractivity contribution in [1.29, 1.82) is 0 Å². The van der Waals surface area contributed by atoms with E-state index in [9.17, 15) is 0 Å². The van der Waals surface area contributed by atoms with Crippen LogP contribution in [0.5, 0.6) is 0 Å². The van der Waals surface area contributed by atoms with E-state index in [1.54, 1.807) is 0 Å². The Morgan fingerprint density at radius 2 is 1.26 bits per heavy atom. The van der Waals surface area contributed by atoms with Crippen molar-refractivity contribution in [3.05, 3.63) is 193 Å². The Bertz CT molecular complexity index is 2600. The van der Waals surface area contributed by atoms with Gasteiger partial charge in [0, 0.05) is 50.1 Å². The number of fused-ring (bicyclic) bond motifs is 5. The van der Waals surface area contributed by atoms with Crippen molar-refractivity contribution < 1.29 is 0 Å². The Morgan fingerprint density at radius 1 is 0.604 bits per heavy atom. The zero-order valence-corrected chi connectivity index (χ0v) is 30.2. The molecule has 6 aromatic carbocycles. The Morgan fingerprint density at radius 3 is 2.09 bits per heavy atom. The molecule has 53 heavy (non-hydrogen) atoms. The summed E-state index contributed by atoms with van der Waals surface area (Å²) < 4.78 is 2.46. The van der Waals surface area contributed by atoms with Gasteiger partial charge in [0.05, 0.1) is 22.5 Å². The molecule has 3 atom stereocenters. The van der Waals surface area contributed by atoms with E-state index >= 15 is 0 Å². The minimum atomic E-state index is 0.281. The number of anilines is 4. The molecule has 3 aliphatic rings. The third kappa shape index (κ3) is 5.80. The van der Waals surface area contributed by atoms with E-state index in [0.29, 0.717) is 11.2 Å². The fraction of sp³-hybridized carbons (Fsp3) is 0.102. The molecule has 2 heterocycles. The van der Waals surface area contributed by atoms with Gasteiger partial charge in [-0.1, -0.05) is 127 Å². The molecular weight excluding hydrogens is 663 g/mol. The molecule has 0 radical (unpaired) electrons. The van der Waals surface area contributed by atoms with Crippen molar-refractivity contribution in [2.45, 2.75) is 22.6 Å². The van der Waals surface area contributed by atoms with Crippen LogP contribution in [0.1, 0.15) is 6.42 Å². The number of benzene rings is 6. The molecule has 7 aromatic rings. The molecule has 10 rings (SSSR count). The highest BCUT2D eigenvalue weighted by atomic mass is 32.2. The lowest BCUT2D eigenvalue weighted by atomic mass is 9.97. The van der Waals surface area contributed by atoms with Crippen LogP contribution in [0.25, 0.3) is 39.9 Å². The van der Waals surface area contributed by atoms with Crippen LogP contribution >= 0.6 is 11.8 Å². The van der Waals surface area contributed by atoms with Crippen LogP contribution in [0.15, 0.2) is 187 Å². The highest BCUT2D eigenvalue weighted by Crippen LogP contribution is 2.47. The Balaban J connectivity index is 0.999. The van der Waals surface area contributed by atoms with Crippen LogP contribution in [0, 0.1) is 5.92 Å². The Labute approximate surface area is 315 Å². The van der Waals surface area contributed by atoms with Gasteiger partial charge in [0.1, 0.15) is 0 Å². The summed E-state index contributed by atoms with van der Waals surface area (Å²) >= 11 is 1.96. The van der Waals surface area contributed by atoms with Crippen molar-refractivity contribution in [3.8, 4) is 16.8 Å². The number of allylic oxidation sites excluding steroid dienone is 2. The molecule has 0 spiro atoms. The second kappa shape index (κ2) is 13.5. The van der Waals surface area contributed by atoms with Crippen LogP contribution in [-0.2, 0) is 0 Å². The Hall–Kier alpha value is -5.97. The Kier molecular flexibility index (Phi) is 8.11. The summed E-state index contributed by atoms with van der Waals surface area (Å²) in [7, 11) is 0. The molecule has 1 aromatic heterocycles. The van der Waals surface area contributed by atoms with Crippen molar-refractivity contribution in [2.75, 3.05) is 16.3 Å². The van der Waals surface area contributed by atoms with Crippen molar-refractivity contribution in [2.24, 2.45) is 5.92 Å². The predicted octanol–water partition coefficient (Wildman–Crippen LogP) is 10.8. The van der Waals surface area contributed by atoms with Crippen LogP contribution in [-0.4, -0.2) is 22.4 Å². The zero-order valence-electron chi connectivity index (χ0n) is 29.4. The minimum absolute atomic E-state index is 0.281. The number of hydrogen-bond donors (Lipinski definition) is 0. The molecule has 0 amide bonds. The first-order valence-corrected chi connectivity index (χ1v) is 19.5. The fourth-order valence-electron chi connectivity index (χ4n) is 8.35. The summed E-state index contributed by atoms with van der Waals surface area (Å²) in [6.07, 6.45) is 15.0. The summed E-state index contributed by atoms with van der Waals surface area (Å²) in [5, 5.41) is 4.31. The van der Waals surface area contributed by atoms with Gasteiger partial charge in [-0.15, -0.1) is 11.8 Å². The van der Waals surface area contributed by atoms with Gasteiger partial charge in [-0.05, 0) is 90.2 Å². The fourth-order valence-corrected chi connectivity index (χ4v) is 9.61. The third-order valence-corrected chi connectivity index (χ3v) is 12.2. The lowest BCUT2D eigenvalue weighted by Crippen LogP contribution is -2.41. The van der Waals surface area contributed by atoms with E-state index in [4.69, 9.17) is 0 Å². The number of thioether (sulfide) groups is 1. The maximum atomic E-state index is 2.53. The summed E-state index contributed by atoms with van der Waals surface area (Å²) in [5.41, 5.74) is 9.82. The van der Waals surface area contributed by atoms with Gasteiger partial charge in [-0.3, -0.25) is 0 Å². The second-order valence-corrected chi connectivity index (χ2v) is 15.3. The van der Waals surface area contributed by atoms with Crippen molar-refractivity contribution >= 4 is 57.6 Å². The number of nitrogens with zero attached hydrogens (tertiary/aromatic N) is 3. The zero-order chi connectivity index (χ0) is 35.1. The average Bonchev–Trinajstić information content (AvgIpc) is 3.56. The molecule has 3 unspecified atom stereocenters. The number of para-hydroxylation sites is 3. The largest absolute Gasteiger partial charge is 0.341 e. The highest BCUT2D eigenvalue weighted by molar-refractivity contribution is 8.00. The first-order valence-electron chi connectivity index (χ1n) is 18.6. The van der Waals surface area contributed by atoms with E-state index in [0.717, 1.165) is 13.0 Å². The molecule has 256 valence electrons. The monoisotopic (exact) mass is 701 g/mol. The van der Waals surface area contributed by atoms with E-state index in [1.165, 1.54) is 65.9 Å². The maximum absolute atomic E-state index is 2.53. The van der Waals surface area contributed by atoms with Gasteiger partial charge in [0.15, 0.2) is 0 Å². The first-order chi connectivity index (χ1) is 26.3. The number of rotatable bonds is 7. The summed E-state index contributed by atoms with van der Waals surface area (Å²) in [5.74, 6) is 0.348. The van der Waals surface area contributed by atoms with E-state index in [-0.39, 0.29) is 6.04 Å². The molecule has 1 aliphatic heterocycles. The SMILES string of the molecule is C1=CC2Sc3ccccc3N(c3ccc(-n4c5c(c6ccccc64)=CC(CN(c4ccccc4)c4ccc(-c6ccccc6)cc4)CC=5)cc3)C2C=C1. The van der Waals surface area contributed by atoms with E-state index in [2.05, 4.69) is 209 Å². The lowest BCUT2D eigenvalue weighted by molar-refractivity contribution is 0.702. The van der Waals surface area contributed by atoms with E-state index < -0.39 is 0 Å². The van der Waals surface area contributed by atoms with Crippen molar-refractivity contribution in [3.63, 3.8) is 0 Å². The van der Waals surface area contributed by atoms with Crippen LogP contribution in [0.3, 0.4) is 0 Å². The molecule has 0 N–H and O–H groups in total. The number of hydrogen-bond acceptors (Lipinski definition) is 3. The van der Waals surface area contributed by atoms with Crippen LogP contribution in [0.4, 0.5) is 22.7 Å². The molecule has 0 saturated carbocycles. The standard InChI is InChI=1S/C49H39N3S/c1-3-13-36(14-4-1)37-24-26-39(27-25-37)50(38-15-5-2-6-16-38)34-35-23-32-45-43(33-35)42-17-7-8-18-44(42)51(45)40-28-30-41(31-29-40)52-46-19-9-11-21-48(46)53-49-22-12-10-20-47(49)52/h1-22,24-33,35,46,48H,23,34H2. The molecule has 0 fully saturated rings. The predicted molar refractivity (Wildman–Crippen MR) is 225 cm³/mol. The smallest absolute Gasteiger partial charge is 0.0683 e. The van der Waals surface area contributed by atoms with E-state index in [1.807, 2.05) is 11.8 Å². The van der Waals surface area contributed by atoms with Gasteiger partial charge in [0.2, 0.25) is 0 Å². The van der Waals surface area contributed by atoms with Crippen LogP contribution in [0.2, 0.25) is 0 Å². The normalized spacial score (nSPS) is 18.4. The molecule has 3 nitrogen and oxygen atoms in total. The average molecular weight is 702 g/mol. The van der Waals surface area contributed by atoms with Gasteiger partial charge >= 0.3 is 0 Å².